The number of rotatable bonds is 8. The van der Waals surface area contributed by atoms with Crippen LogP contribution in [0.1, 0.15) is 17.0 Å². The number of carbonyl (C=O) groups is 2. The summed E-state index contributed by atoms with van der Waals surface area (Å²) in [6.45, 7) is 0.809. The number of aromatic nitrogens is 1. The van der Waals surface area contributed by atoms with Crippen molar-refractivity contribution in [1.82, 2.24) is 15.6 Å². The van der Waals surface area contributed by atoms with Gasteiger partial charge in [-0.25, -0.2) is 0 Å². The Morgan fingerprint density at radius 3 is 2.62 bits per heavy atom. The second-order valence-electron chi connectivity index (χ2n) is 8.99. The highest BCUT2D eigenvalue weighted by Gasteiger charge is 2.31. The number of para-hydroxylation sites is 3. The van der Waals surface area contributed by atoms with E-state index < -0.39 is 6.10 Å². The van der Waals surface area contributed by atoms with Crippen LogP contribution in [0.2, 0.25) is 0 Å². The number of likely N-dealkylation sites (N-methyl/N-ethyl adjacent to an activating group) is 1. The molecule has 4 aromatic rings. The summed E-state index contributed by atoms with van der Waals surface area (Å²) in [6, 6.07) is 23.5. The Balaban J connectivity index is 1.36. The molecule has 2 amide bonds. The van der Waals surface area contributed by atoms with Gasteiger partial charge in [0.25, 0.3) is 5.91 Å². The molecule has 2 heterocycles. The highest BCUT2D eigenvalue weighted by molar-refractivity contribution is 5.87. The van der Waals surface area contributed by atoms with Crippen LogP contribution in [0.5, 0.6) is 11.5 Å². The Labute approximate surface area is 215 Å². The van der Waals surface area contributed by atoms with E-state index in [1.165, 1.54) is 0 Å². The third kappa shape index (κ3) is 5.09. The molecular formula is C29H30N4O4. The zero-order chi connectivity index (χ0) is 25.8. The van der Waals surface area contributed by atoms with Gasteiger partial charge < -0.3 is 30.0 Å². The number of H-pyrrole nitrogens is 1. The summed E-state index contributed by atoms with van der Waals surface area (Å²) in [5.74, 6) is 0.943. The van der Waals surface area contributed by atoms with Crippen LogP contribution in [0.4, 0.5) is 5.69 Å². The standard InChI is InChI=1S/C29H30N4O4/c1-30-29(35)27-17-33(25-9-5-6-10-26(25)37-27)18-28(34)32-15-22(19-11-13-20(36-2)14-12-19)23-16-31-24-8-4-3-7-21(23)24/h3-14,16,22,27,31H,15,17-18H2,1-2H3,(H,30,35)(H,32,34)/t22-,27+/m1/s1. The molecule has 0 unspecified atom stereocenters. The minimum Gasteiger partial charge on any atom is -0.497 e. The van der Waals surface area contributed by atoms with Crippen LogP contribution in [0.15, 0.2) is 79.0 Å². The van der Waals surface area contributed by atoms with E-state index in [1.54, 1.807) is 14.2 Å². The van der Waals surface area contributed by atoms with Gasteiger partial charge in [-0.1, -0.05) is 42.5 Å². The fourth-order valence-electron chi connectivity index (χ4n) is 4.83. The fourth-order valence-corrected chi connectivity index (χ4v) is 4.83. The fraction of sp³-hybridized carbons (Fsp3) is 0.241. The normalized spacial score (nSPS) is 15.4. The van der Waals surface area contributed by atoms with Crippen molar-refractivity contribution in [3.05, 3.63) is 90.1 Å². The topological polar surface area (TPSA) is 95.7 Å². The van der Waals surface area contributed by atoms with Crippen LogP contribution < -0.4 is 25.0 Å². The first-order valence-electron chi connectivity index (χ1n) is 12.3. The molecule has 0 saturated heterocycles. The smallest absolute Gasteiger partial charge is 0.262 e. The number of methoxy groups -OCH3 is 1. The molecule has 5 rings (SSSR count). The van der Waals surface area contributed by atoms with Gasteiger partial charge in [-0.2, -0.15) is 0 Å². The number of nitrogens with one attached hydrogen (secondary N) is 3. The number of benzene rings is 3. The number of carbonyl (C=O) groups excluding carboxylic acids is 2. The second kappa shape index (κ2) is 10.7. The summed E-state index contributed by atoms with van der Waals surface area (Å²) in [6.07, 6.45) is 1.32. The van der Waals surface area contributed by atoms with Gasteiger partial charge in [-0.3, -0.25) is 9.59 Å². The van der Waals surface area contributed by atoms with Crippen LogP contribution in [0.3, 0.4) is 0 Å². The minimum atomic E-state index is -0.689. The number of nitrogens with zero attached hydrogens (tertiary/aromatic N) is 1. The van der Waals surface area contributed by atoms with Gasteiger partial charge in [-0.05, 0) is 41.5 Å². The molecule has 37 heavy (non-hydrogen) atoms. The number of fused-ring (bicyclic) bond motifs is 2. The van der Waals surface area contributed by atoms with Gasteiger partial charge in [0.1, 0.15) is 11.5 Å². The summed E-state index contributed by atoms with van der Waals surface area (Å²) in [7, 11) is 3.22. The van der Waals surface area contributed by atoms with Crippen molar-refractivity contribution in [2.75, 3.05) is 38.7 Å². The molecule has 0 aliphatic carbocycles. The summed E-state index contributed by atoms with van der Waals surface area (Å²) in [5.41, 5.74) is 4.02. The summed E-state index contributed by atoms with van der Waals surface area (Å²) >= 11 is 0. The van der Waals surface area contributed by atoms with Crippen molar-refractivity contribution in [2.45, 2.75) is 12.0 Å². The lowest BCUT2D eigenvalue weighted by atomic mass is 9.90. The highest BCUT2D eigenvalue weighted by atomic mass is 16.5. The largest absolute Gasteiger partial charge is 0.497 e. The molecule has 8 nitrogen and oxygen atoms in total. The molecule has 3 N–H and O–H groups in total. The predicted molar refractivity (Wildman–Crippen MR) is 143 cm³/mol. The molecule has 0 fully saturated rings. The Hall–Kier alpha value is -4.46. The van der Waals surface area contributed by atoms with Gasteiger partial charge in [0.05, 0.1) is 25.9 Å². The molecule has 190 valence electrons. The number of aromatic amines is 1. The molecule has 0 spiro atoms. The Morgan fingerprint density at radius 2 is 1.84 bits per heavy atom. The van der Waals surface area contributed by atoms with Crippen molar-refractivity contribution in [2.24, 2.45) is 0 Å². The molecule has 0 bridgehead atoms. The number of ether oxygens (including phenoxy) is 2. The van der Waals surface area contributed by atoms with Crippen LogP contribution in [-0.4, -0.2) is 56.7 Å². The first-order valence-corrected chi connectivity index (χ1v) is 12.3. The van der Waals surface area contributed by atoms with E-state index in [0.29, 0.717) is 12.3 Å². The average molecular weight is 499 g/mol. The van der Waals surface area contributed by atoms with Crippen molar-refractivity contribution in [3.8, 4) is 11.5 Å². The van der Waals surface area contributed by atoms with E-state index in [1.807, 2.05) is 77.8 Å². The molecule has 3 aromatic carbocycles. The molecular weight excluding hydrogens is 468 g/mol. The highest BCUT2D eigenvalue weighted by Crippen LogP contribution is 2.34. The summed E-state index contributed by atoms with van der Waals surface area (Å²) in [4.78, 5) is 30.7. The molecule has 0 saturated carbocycles. The minimum absolute atomic E-state index is 0.0680. The first kappa shape index (κ1) is 24.2. The van der Waals surface area contributed by atoms with Gasteiger partial charge >= 0.3 is 0 Å². The van der Waals surface area contributed by atoms with E-state index >= 15 is 0 Å². The SMILES string of the molecule is CNC(=O)[C@@H]1CN(CC(=O)NC[C@H](c2ccc(OC)cc2)c2c[nH]c3ccccc23)c2ccccc2O1. The third-order valence-electron chi connectivity index (χ3n) is 6.75. The van der Waals surface area contributed by atoms with Crippen LogP contribution in [0, 0.1) is 0 Å². The van der Waals surface area contributed by atoms with Gasteiger partial charge in [0.2, 0.25) is 5.91 Å². The van der Waals surface area contributed by atoms with Crippen molar-refractivity contribution < 1.29 is 19.1 Å². The molecule has 2 atom stereocenters. The molecule has 8 heteroatoms. The monoisotopic (exact) mass is 498 g/mol. The zero-order valence-corrected chi connectivity index (χ0v) is 20.9. The van der Waals surface area contributed by atoms with Gasteiger partial charge in [0, 0.05) is 36.6 Å². The van der Waals surface area contributed by atoms with Crippen molar-refractivity contribution >= 4 is 28.4 Å². The zero-order valence-electron chi connectivity index (χ0n) is 20.9. The van der Waals surface area contributed by atoms with Gasteiger partial charge in [-0.15, -0.1) is 0 Å². The van der Waals surface area contributed by atoms with Crippen LogP contribution in [-0.2, 0) is 9.59 Å². The molecule has 1 aromatic heterocycles. The Kier molecular flexibility index (Phi) is 6.98. The van der Waals surface area contributed by atoms with E-state index in [9.17, 15) is 9.59 Å². The first-order chi connectivity index (χ1) is 18.1. The lowest BCUT2D eigenvalue weighted by Crippen LogP contribution is -2.50. The van der Waals surface area contributed by atoms with E-state index in [0.717, 1.165) is 33.5 Å². The second-order valence-corrected chi connectivity index (χ2v) is 8.99. The third-order valence-corrected chi connectivity index (χ3v) is 6.75. The maximum atomic E-state index is 13.2. The average Bonchev–Trinajstić information content (AvgIpc) is 3.37. The van der Waals surface area contributed by atoms with E-state index in [-0.39, 0.29) is 30.8 Å². The number of amides is 2. The van der Waals surface area contributed by atoms with Crippen molar-refractivity contribution in [3.63, 3.8) is 0 Å². The number of hydrogen-bond acceptors (Lipinski definition) is 5. The molecule has 0 radical (unpaired) electrons. The maximum absolute atomic E-state index is 13.2. The predicted octanol–water partition coefficient (Wildman–Crippen LogP) is 3.44. The quantitative estimate of drug-likeness (QED) is 0.346. The summed E-state index contributed by atoms with van der Waals surface area (Å²) in [5, 5.41) is 6.88. The van der Waals surface area contributed by atoms with E-state index in [2.05, 4.69) is 21.7 Å². The number of hydrogen-bond donors (Lipinski definition) is 3. The van der Waals surface area contributed by atoms with Crippen LogP contribution in [0.25, 0.3) is 10.9 Å². The Morgan fingerprint density at radius 1 is 1.08 bits per heavy atom. The maximum Gasteiger partial charge on any atom is 0.262 e. The van der Waals surface area contributed by atoms with Crippen molar-refractivity contribution in [1.29, 1.82) is 0 Å². The summed E-state index contributed by atoms with van der Waals surface area (Å²) < 4.78 is 11.2. The molecule has 1 aliphatic heterocycles. The molecule has 1 aliphatic rings. The Bertz CT molecular complexity index is 1400. The lowest BCUT2D eigenvalue weighted by molar-refractivity contribution is -0.127. The van der Waals surface area contributed by atoms with E-state index in [4.69, 9.17) is 9.47 Å². The number of anilines is 1. The van der Waals surface area contributed by atoms with Gasteiger partial charge in [0.15, 0.2) is 6.10 Å². The van der Waals surface area contributed by atoms with Crippen LogP contribution >= 0.6 is 0 Å². The lowest BCUT2D eigenvalue weighted by Gasteiger charge is -2.35.